The maximum absolute atomic E-state index is 12.7. The number of alkyl halides is 11. The second-order valence-electron chi connectivity index (χ2n) is 50.9. The van der Waals surface area contributed by atoms with Crippen molar-refractivity contribution in [3.63, 3.8) is 0 Å². The summed E-state index contributed by atoms with van der Waals surface area (Å²) < 4.78 is 147. The fourth-order valence-corrected chi connectivity index (χ4v) is 15.5. The normalized spacial score (nSPS) is 25.9. The second-order valence-corrected chi connectivity index (χ2v) is 50.9. The molecule has 3 nitrogen and oxygen atoms in total. The molecule has 0 bridgehead atoms. The Balaban J connectivity index is 0.000000618. The first-order chi connectivity index (χ1) is 49.5. The molecule has 11 aliphatic carbocycles. The van der Waals surface area contributed by atoms with Crippen molar-refractivity contribution in [2.45, 2.75) is 469 Å². The van der Waals surface area contributed by atoms with Gasteiger partial charge in [-0.05, 0) is 215 Å². The Kier molecular flexibility index (Phi) is 35.5. The van der Waals surface area contributed by atoms with Crippen LogP contribution >= 0.6 is 0 Å². The smallest absolute Gasteiger partial charge is 0.395 e. The van der Waals surface area contributed by atoms with E-state index in [0.29, 0.717) is 91.9 Å². The number of halogens is 11. The zero-order valence-corrected chi connectivity index (χ0v) is 81.9. The highest BCUT2D eigenvalue weighted by Crippen LogP contribution is 2.70. The molecule has 12 aliphatic rings. The maximum Gasteiger partial charge on any atom is 0.395 e. The zero-order chi connectivity index (χ0) is 90.0. The summed E-state index contributed by atoms with van der Waals surface area (Å²) in [5, 5.41) is 0. The van der Waals surface area contributed by atoms with Crippen molar-refractivity contribution in [2.75, 3.05) is 26.5 Å². The third-order valence-electron chi connectivity index (χ3n) is 33.9. The minimum atomic E-state index is -4.02. The van der Waals surface area contributed by atoms with Gasteiger partial charge in [-0.1, -0.05) is 303 Å². The third-order valence-corrected chi connectivity index (χ3v) is 33.9. The molecular formula is C99H185F11O3. The highest BCUT2D eigenvalue weighted by atomic mass is 19.4. The number of carbonyl (C=O) groups is 1. The van der Waals surface area contributed by atoms with Gasteiger partial charge < -0.3 is 9.47 Å². The Hall–Kier alpha value is -1.34. The predicted octanol–water partition coefficient (Wildman–Crippen LogP) is 34.7. The van der Waals surface area contributed by atoms with E-state index < -0.39 is 45.9 Å². The molecule has 1 heterocycles. The van der Waals surface area contributed by atoms with Crippen molar-refractivity contribution in [2.24, 2.45) is 131 Å². The van der Waals surface area contributed by atoms with Gasteiger partial charge >= 0.3 is 18.3 Å². The van der Waals surface area contributed by atoms with Crippen LogP contribution in [0.25, 0.3) is 0 Å². The first-order valence-electron chi connectivity index (χ1n) is 44.7. The third kappa shape index (κ3) is 28.9. The van der Waals surface area contributed by atoms with Gasteiger partial charge in [0.25, 0.3) is 11.8 Å². The van der Waals surface area contributed by atoms with Gasteiger partial charge in [0.05, 0.1) is 37.3 Å². The van der Waals surface area contributed by atoms with Crippen molar-refractivity contribution in [1.82, 2.24) is 0 Å². The molecule has 0 N–H and O–H groups in total. The van der Waals surface area contributed by atoms with E-state index in [9.17, 15) is 53.1 Å². The Morgan fingerprint density at radius 3 is 0.699 bits per heavy atom. The van der Waals surface area contributed by atoms with Crippen LogP contribution in [0.5, 0.6) is 0 Å². The molecule has 1 saturated heterocycles. The van der Waals surface area contributed by atoms with Crippen LogP contribution in [0, 0.1) is 131 Å². The van der Waals surface area contributed by atoms with Gasteiger partial charge in [-0.25, -0.2) is 17.6 Å². The molecule has 0 radical (unpaired) electrons. The highest BCUT2D eigenvalue weighted by molar-refractivity contribution is 5.66. The number of hydrogen-bond donors (Lipinski definition) is 0. The maximum atomic E-state index is 12.7. The topological polar surface area (TPSA) is 35.5 Å². The summed E-state index contributed by atoms with van der Waals surface area (Å²) >= 11 is 0. The SMILES string of the molecule is CC(=O)OCC1(C(C)(C)C)CC1.CC(C)(C)C1(C(F)(F)F)CCC1.CC(C)(C)C1(C)CC1.CC(C)(C)C1(C)CC1.CC(C)(C)C1(C)CC1.CC(C)(C)C1(C)CC1(F)F.CC(C)(C)C1(C)CCC1.CC(C)(C)C1(C)COC1.CC(C)(C)C1(CF)CC1.CC(C)C1(C(F)(F)F)CCC1.CC(C)C1CC1(F)F.CCC1(C(C)(C)C)CC1. The van der Waals surface area contributed by atoms with Gasteiger partial charge in [-0.15, -0.1) is 0 Å². The molecule has 676 valence electrons. The molecule has 1 aliphatic heterocycles. The molecule has 0 aromatic rings. The molecular weight excluding hydrogens is 1450 g/mol. The summed E-state index contributed by atoms with van der Waals surface area (Å²) in [5.41, 5.74) is 3.41. The molecule has 2 atom stereocenters. The van der Waals surface area contributed by atoms with E-state index in [-0.39, 0.29) is 70.3 Å². The monoisotopic (exact) mass is 1630 g/mol. The lowest BCUT2D eigenvalue weighted by Crippen LogP contribution is -2.52. The molecule has 113 heavy (non-hydrogen) atoms. The Labute approximate surface area is 692 Å². The van der Waals surface area contributed by atoms with Crippen molar-refractivity contribution < 1.29 is 62.6 Å². The van der Waals surface area contributed by atoms with Crippen LogP contribution in [-0.4, -0.2) is 56.7 Å². The van der Waals surface area contributed by atoms with E-state index in [1.165, 1.54) is 96.8 Å². The molecule has 11 saturated carbocycles. The summed E-state index contributed by atoms with van der Waals surface area (Å²) in [5.74, 6) is -5.31. The lowest BCUT2D eigenvalue weighted by molar-refractivity contribution is -0.286. The summed E-state index contributed by atoms with van der Waals surface area (Å²) in [7, 11) is 0. The summed E-state index contributed by atoms with van der Waals surface area (Å²) in [6, 6.07) is 0. The molecule has 12 rings (SSSR count). The predicted molar refractivity (Wildman–Crippen MR) is 460 cm³/mol. The molecule has 0 spiro atoms. The van der Waals surface area contributed by atoms with E-state index in [4.69, 9.17) is 9.47 Å². The van der Waals surface area contributed by atoms with Crippen LogP contribution in [0.1, 0.15) is 445 Å². The number of carbonyl (C=O) groups excluding carboxylic acids is 1. The van der Waals surface area contributed by atoms with Gasteiger partial charge in [-0.3, -0.25) is 9.18 Å². The molecule has 0 aromatic carbocycles. The fourth-order valence-electron chi connectivity index (χ4n) is 15.5. The van der Waals surface area contributed by atoms with Crippen molar-refractivity contribution in [3.05, 3.63) is 0 Å². The molecule has 12 fully saturated rings. The standard InChI is InChI=1S/C10H18O2.C9H15F3.2C9H18.C8H13F3.C8H14F2.C8H15F.C8H16O.3C8H16.C6H10F2/c1-8(11)12-7-10(5-6-10)9(2,3)4;1-7(2,3)8(5-4-6-8)9(10,11)12;1-8(2,3)9(4)6-5-7-9;1-5-9(6-7-9)8(2,3)4;1-6(2)7(4-3-5-7)8(9,10)11;1-6(2,3)7(4)5-8(7,9)10;1-7(2,3)8(6-9)4-5-8;1-7(2,3)8(4)5-9-6-8;3*1-7(2,3)8(4)5-6-8;1-4(2)5-3-6(5,7)8/h5-7H2,1-4H3;4-6H2,1-3H3;2*5-7H2,1-4H3;6H,3-5H2,1-2H3;5H2,1-4H3;4-6H2,1-3H3;5-6H2,1-4H3;3*5-6H2,1-4H3;4-5H,3H2,1-2H3. The Bertz CT molecular complexity index is 2670. The van der Waals surface area contributed by atoms with E-state index >= 15 is 0 Å². The Morgan fingerprint density at radius 1 is 0.389 bits per heavy atom. The largest absolute Gasteiger partial charge is 0.465 e. The Morgan fingerprint density at radius 2 is 0.673 bits per heavy atom. The van der Waals surface area contributed by atoms with Crippen molar-refractivity contribution in [1.29, 1.82) is 0 Å². The number of rotatable bonds is 6. The first-order valence-corrected chi connectivity index (χ1v) is 44.7. The molecule has 0 aromatic heterocycles. The molecule has 2 unspecified atom stereocenters. The van der Waals surface area contributed by atoms with Gasteiger partial charge in [-0.2, -0.15) is 26.3 Å². The first kappa shape index (κ1) is 110. The van der Waals surface area contributed by atoms with E-state index in [0.717, 1.165) is 44.3 Å². The fraction of sp³-hybridized carbons (Fsp3) is 0.990. The molecule has 0 amide bonds. The summed E-state index contributed by atoms with van der Waals surface area (Å²) in [4.78, 5) is 10.6. The van der Waals surface area contributed by atoms with Crippen LogP contribution in [-0.2, 0) is 14.3 Å². The quantitative estimate of drug-likeness (QED) is 0.196. The van der Waals surface area contributed by atoms with Crippen molar-refractivity contribution in [3.8, 4) is 0 Å². The lowest BCUT2D eigenvalue weighted by Gasteiger charge is -2.52. The minimum Gasteiger partial charge on any atom is -0.465 e. The number of hydrogen-bond acceptors (Lipinski definition) is 3. The van der Waals surface area contributed by atoms with Crippen LogP contribution in [0.15, 0.2) is 0 Å². The van der Waals surface area contributed by atoms with Gasteiger partial charge in [0.2, 0.25) is 0 Å². The van der Waals surface area contributed by atoms with Crippen LogP contribution in [0.2, 0.25) is 0 Å². The van der Waals surface area contributed by atoms with Crippen LogP contribution in [0.4, 0.5) is 48.3 Å². The number of esters is 1. The average molecular weight is 1630 g/mol. The average Bonchev–Trinajstić information content (AvgIpc) is 1.57. The summed E-state index contributed by atoms with van der Waals surface area (Å²) in [6.07, 6.45) is 16.7. The summed E-state index contributed by atoms with van der Waals surface area (Å²) in [6.45, 7) is 92.3. The van der Waals surface area contributed by atoms with Gasteiger partial charge in [0.1, 0.15) is 0 Å². The second kappa shape index (κ2) is 36.6. The zero-order valence-electron chi connectivity index (χ0n) is 81.9. The van der Waals surface area contributed by atoms with E-state index in [2.05, 4.69) is 208 Å². The van der Waals surface area contributed by atoms with Crippen molar-refractivity contribution >= 4 is 5.97 Å². The van der Waals surface area contributed by atoms with Crippen LogP contribution in [0.3, 0.4) is 0 Å². The highest BCUT2D eigenvalue weighted by Gasteiger charge is 2.72. The van der Waals surface area contributed by atoms with Crippen LogP contribution < -0.4 is 0 Å². The minimum absolute atomic E-state index is 0.0590. The van der Waals surface area contributed by atoms with E-state index in [1.54, 1.807) is 41.5 Å². The molecule has 14 heteroatoms. The van der Waals surface area contributed by atoms with E-state index in [1.807, 2.05) is 34.6 Å². The van der Waals surface area contributed by atoms with Gasteiger partial charge in [0.15, 0.2) is 0 Å². The van der Waals surface area contributed by atoms with Gasteiger partial charge in [0, 0.05) is 47.3 Å². The number of ether oxygens (including phenoxy) is 2. The lowest BCUT2D eigenvalue weighted by atomic mass is 9.54.